The molecule has 102 valence electrons. The van der Waals surface area contributed by atoms with Gasteiger partial charge in [-0.15, -0.1) is 11.3 Å². The molecular weight excluding hydrogens is 356 g/mol. The molecule has 2 rings (SSSR count). The second kappa shape index (κ2) is 5.06. The number of nitrogens with zero attached hydrogens (tertiary/aromatic N) is 1. The van der Waals surface area contributed by atoms with Crippen molar-refractivity contribution in [1.82, 2.24) is 5.16 Å². The van der Waals surface area contributed by atoms with Crippen LogP contribution in [0.25, 0.3) is 0 Å². The van der Waals surface area contributed by atoms with E-state index < -0.39 is 10.0 Å². The molecule has 9 heteroatoms. The van der Waals surface area contributed by atoms with Crippen LogP contribution in [0.5, 0.6) is 0 Å². The number of hydrogen-bond donors (Lipinski definition) is 1. The van der Waals surface area contributed by atoms with Crippen LogP contribution >= 0.6 is 27.3 Å². The summed E-state index contributed by atoms with van der Waals surface area (Å²) < 4.78 is 31.9. The maximum Gasteiger partial charge on any atom is 0.265 e. The number of sulfonamides is 1. The average Bonchev–Trinajstić information content (AvgIpc) is 2.91. The van der Waals surface area contributed by atoms with Gasteiger partial charge in [-0.2, -0.15) is 0 Å². The molecule has 0 fully saturated rings. The van der Waals surface area contributed by atoms with Gasteiger partial charge in [-0.05, 0) is 41.2 Å². The van der Waals surface area contributed by atoms with Crippen LogP contribution in [-0.4, -0.2) is 19.4 Å². The molecule has 1 N–H and O–H groups in total. The van der Waals surface area contributed by atoms with E-state index in [-0.39, 0.29) is 21.4 Å². The van der Waals surface area contributed by atoms with Crippen molar-refractivity contribution in [1.29, 1.82) is 0 Å². The molecule has 0 aliphatic carbocycles. The van der Waals surface area contributed by atoms with Crippen molar-refractivity contribution in [3.8, 4) is 0 Å². The number of aryl methyl sites for hydroxylation is 1. The van der Waals surface area contributed by atoms with Gasteiger partial charge < -0.3 is 4.52 Å². The number of thiophene rings is 1. The Morgan fingerprint density at radius 1 is 1.53 bits per heavy atom. The molecule has 0 aliphatic heterocycles. The van der Waals surface area contributed by atoms with Gasteiger partial charge in [0.15, 0.2) is 5.78 Å². The minimum Gasteiger partial charge on any atom is -0.336 e. The zero-order valence-corrected chi connectivity index (χ0v) is 13.1. The molecule has 19 heavy (non-hydrogen) atoms. The predicted octanol–water partition coefficient (Wildman–Crippen LogP) is 2.81. The summed E-state index contributed by atoms with van der Waals surface area (Å²) in [5.74, 6) is -0.318. The van der Waals surface area contributed by atoms with Crippen molar-refractivity contribution >= 4 is 49.0 Å². The fourth-order valence-corrected chi connectivity index (χ4v) is 4.12. The summed E-state index contributed by atoms with van der Waals surface area (Å²) in [5.41, 5.74) is 0.523. The highest BCUT2D eigenvalue weighted by Crippen LogP contribution is 2.30. The molecule has 0 saturated heterocycles. The molecule has 2 aromatic heterocycles. The molecule has 0 spiro atoms. The Kier molecular flexibility index (Phi) is 3.79. The van der Waals surface area contributed by atoms with Crippen molar-refractivity contribution in [3.63, 3.8) is 0 Å². The highest BCUT2D eigenvalue weighted by Gasteiger charge is 2.25. The van der Waals surface area contributed by atoms with Gasteiger partial charge in [0.2, 0.25) is 0 Å². The fourth-order valence-electron chi connectivity index (χ4n) is 1.36. The topological polar surface area (TPSA) is 89.3 Å². The van der Waals surface area contributed by atoms with Crippen molar-refractivity contribution in [2.45, 2.75) is 18.7 Å². The summed E-state index contributed by atoms with van der Waals surface area (Å²) in [4.78, 5) is 11.5. The second-order valence-electron chi connectivity index (χ2n) is 3.69. The number of ketones is 1. The maximum atomic E-state index is 12.2. The number of anilines is 1. The van der Waals surface area contributed by atoms with E-state index in [4.69, 9.17) is 4.52 Å². The number of rotatable bonds is 4. The Hall–Kier alpha value is -1.19. The second-order valence-corrected chi connectivity index (χ2v) is 7.05. The van der Waals surface area contributed by atoms with Gasteiger partial charge in [0.05, 0.1) is 10.6 Å². The highest BCUT2D eigenvalue weighted by molar-refractivity contribution is 9.10. The third-order valence-electron chi connectivity index (χ3n) is 2.26. The largest absolute Gasteiger partial charge is 0.336 e. The van der Waals surface area contributed by atoms with Gasteiger partial charge in [-0.3, -0.25) is 4.79 Å². The van der Waals surface area contributed by atoms with Crippen molar-refractivity contribution in [3.05, 3.63) is 26.5 Å². The smallest absolute Gasteiger partial charge is 0.265 e. The average molecular weight is 365 g/mol. The fraction of sp³-hybridized carbons (Fsp3) is 0.200. The number of halogens is 1. The molecule has 0 unspecified atom stereocenters. The zero-order chi connectivity index (χ0) is 14.2. The number of aromatic nitrogens is 1. The minimum atomic E-state index is -3.88. The zero-order valence-electron chi connectivity index (χ0n) is 9.93. The number of nitrogens with one attached hydrogen (secondary N) is 1. The number of Topliss-reactive ketones (excluding diaryl/α,β-unsaturated/α-hetero) is 1. The molecule has 0 radical (unpaired) electrons. The lowest BCUT2D eigenvalue weighted by Crippen LogP contribution is -2.14. The van der Waals surface area contributed by atoms with E-state index in [1.165, 1.54) is 13.0 Å². The Bertz CT molecular complexity index is 733. The van der Waals surface area contributed by atoms with Gasteiger partial charge in [-0.1, -0.05) is 5.16 Å². The van der Waals surface area contributed by atoms with E-state index in [0.29, 0.717) is 10.2 Å². The number of hydrogen-bond acceptors (Lipinski definition) is 6. The molecule has 0 atom stereocenters. The van der Waals surface area contributed by atoms with Crippen LogP contribution in [0.2, 0.25) is 0 Å². The Labute approximate surface area is 122 Å². The van der Waals surface area contributed by atoms with E-state index in [2.05, 4.69) is 25.8 Å². The molecular formula is C10H9BrN2O4S2. The first-order valence-electron chi connectivity index (χ1n) is 5.06. The highest BCUT2D eigenvalue weighted by atomic mass is 79.9. The predicted molar refractivity (Wildman–Crippen MR) is 74.1 cm³/mol. The first kappa shape index (κ1) is 14.2. The van der Waals surface area contributed by atoms with E-state index in [1.54, 1.807) is 12.3 Å². The number of carbonyl (C=O) groups is 1. The summed E-state index contributed by atoms with van der Waals surface area (Å²) in [7, 11) is -3.88. The van der Waals surface area contributed by atoms with Crippen molar-refractivity contribution < 1.29 is 17.7 Å². The van der Waals surface area contributed by atoms with Crippen LogP contribution in [0.1, 0.15) is 22.3 Å². The Balaban J connectivity index is 2.41. The summed E-state index contributed by atoms with van der Waals surface area (Å²) in [6, 6.07) is 1.38. The number of carbonyl (C=O) groups excluding carboxylic acids is 1. The SMILES string of the molecule is CC(=O)c1sccc1S(=O)(=O)Nc1onc(C)c1Br. The molecule has 0 saturated carbocycles. The summed E-state index contributed by atoms with van der Waals surface area (Å²) in [5, 5.41) is 5.17. The van der Waals surface area contributed by atoms with E-state index in [1.807, 2.05) is 0 Å². The third-order valence-corrected chi connectivity index (χ3v) is 5.71. The summed E-state index contributed by atoms with van der Waals surface area (Å²) in [6.45, 7) is 2.98. The van der Waals surface area contributed by atoms with Gasteiger partial charge >= 0.3 is 0 Å². The van der Waals surface area contributed by atoms with Crippen LogP contribution in [0.3, 0.4) is 0 Å². The lowest BCUT2D eigenvalue weighted by Gasteiger charge is -2.04. The molecule has 2 heterocycles. The third kappa shape index (κ3) is 2.72. The standard InChI is InChI=1S/C10H9BrN2O4S2/c1-5-8(11)10(17-12-5)13-19(15,16)7-3-4-18-9(7)6(2)14/h3-4,13H,1-2H3. The normalized spacial score (nSPS) is 11.5. The van der Waals surface area contributed by atoms with Gasteiger partial charge in [-0.25, -0.2) is 13.1 Å². The monoisotopic (exact) mass is 364 g/mol. The van der Waals surface area contributed by atoms with Crippen LogP contribution in [0.4, 0.5) is 5.88 Å². The molecule has 6 nitrogen and oxygen atoms in total. The molecule has 0 aliphatic rings. The quantitative estimate of drug-likeness (QED) is 0.842. The summed E-state index contributed by atoms with van der Waals surface area (Å²) in [6.07, 6.45) is 0. The van der Waals surface area contributed by atoms with Crippen LogP contribution in [0, 0.1) is 6.92 Å². The van der Waals surface area contributed by atoms with E-state index >= 15 is 0 Å². The van der Waals surface area contributed by atoms with E-state index in [0.717, 1.165) is 11.3 Å². The van der Waals surface area contributed by atoms with Gasteiger partial charge in [0, 0.05) is 0 Å². The molecule has 0 aromatic carbocycles. The first-order valence-corrected chi connectivity index (χ1v) is 8.21. The van der Waals surface area contributed by atoms with Gasteiger partial charge in [0.1, 0.15) is 9.37 Å². The van der Waals surface area contributed by atoms with Crippen LogP contribution in [-0.2, 0) is 10.0 Å². The van der Waals surface area contributed by atoms with E-state index in [9.17, 15) is 13.2 Å². The lowest BCUT2D eigenvalue weighted by atomic mass is 10.4. The van der Waals surface area contributed by atoms with Gasteiger partial charge in [0.25, 0.3) is 15.9 Å². The lowest BCUT2D eigenvalue weighted by molar-refractivity contribution is 0.101. The molecule has 2 aromatic rings. The Morgan fingerprint density at radius 2 is 2.21 bits per heavy atom. The van der Waals surface area contributed by atoms with Crippen molar-refractivity contribution in [2.24, 2.45) is 0 Å². The minimum absolute atomic E-state index is 0.0156. The summed E-state index contributed by atoms with van der Waals surface area (Å²) >= 11 is 4.24. The van der Waals surface area contributed by atoms with Crippen LogP contribution < -0.4 is 4.72 Å². The first-order chi connectivity index (χ1) is 8.83. The molecule has 0 bridgehead atoms. The van der Waals surface area contributed by atoms with Crippen LogP contribution in [0.15, 0.2) is 25.3 Å². The Morgan fingerprint density at radius 3 is 2.74 bits per heavy atom. The van der Waals surface area contributed by atoms with Crippen molar-refractivity contribution in [2.75, 3.05) is 4.72 Å². The molecule has 0 amide bonds. The maximum absolute atomic E-state index is 12.2.